The van der Waals surface area contributed by atoms with Gasteiger partial charge in [0.2, 0.25) is 0 Å². The Labute approximate surface area is 245 Å². The predicted molar refractivity (Wildman–Crippen MR) is 163 cm³/mol. The van der Waals surface area contributed by atoms with Gasteiger partial charge in [0.1, 0.15) is 6.10 Å². The first kappa shape index (κ1) is 32.0. The molecule has 0 saturated carbocycles. The van der Waals surface area contributed by atoms with Gasteiger partial charge in [-0.25, -0.2) is 0 Å². The Kier molecular flexibility index (Phi) is 8.79. The van der Waals surface area contributed by atoms with Crippen molar-refractivity contribution >= 4 is 13.9 Å². The molecule has 0 fully saturated rings. The number of fused-ring (bicyclic) bond motifs is 1. The summed E-state index contributed by atoms with van der Waals surface area (Å²) in [4.78, 5) is 5.28. The largest absolute Gasteiger partial charge is 0.416 e. The molecule has 3 nitrogen and oxygen atoms in total. The summed E-state index contributed by atoms with van der Waals surface area (Å²) in [7, 11) is -2.18. The van der Waals surface area contributed by atoms with Crippen LogP contribution in [-0.2, 0) is 17.0 Å². The van der Waals surface area contributed by atoms with E-state index in [2.05, 4.69) is 67.6 Å². The van der Waals surface area contributed by atoms with E-state index in [4.69, 9.17) is 9.41 Å². The second-order valence-corrected chi connectivity index (χ2v) is 19.5. The summed E-state index contributed by atoms with van der Waals surface area (Å²) in [5, 5.41) is 12.0. The van der Waals surface area contributed by atoms with Crippen molar-refractivity contribution in [3.63, 3.8) is 0 Å². The summed E-state index contributed by atoms with van der Waals surface area (Å²) in [5.41, 5.74) is 5.64. The summed E-state index contributed by atoms with van der Waals surface area (Å²) in [5.74, 6) is 0.0205. The SMILES string of the molecule is CC(C)c1nc2c(c(C3=CCCCC3)c1C(O)c1ccc(C(F)(F)F)cc1)C(O[Si](C)(C)C(C)(C)C)CC(C)(C)C2. The molecule has 0 spiro atoms. The molecule has 226 valence electrons. The number of halogens is 3. The number of hydrogen-bond acceptors (Lipinski definition) is 3. The number of aliphatic hydroxyl groups is 1. The molecule has 2 unspecified atom stereocenters. The molecule has 7 heteroatoms. The number of alkyl halides is 3. The zero-order chi connectivity index (χ0) is 30.5. The van der Waals surface area contributed by atoms with E-state index in [-0.39, 0.29) is 22.5 Å². The molecule has 0 bridgehead atoms. The number of hydrogen-bond donors (Lipinski definition) is 1. The Hall–Kier alpha value is -1.96. The molecule has 0 radical (unpaired) electrons. The van der Waals surface area contributed by atoms with Crippen LogP contribution in [0.4, 0.5) is 13.2 Å². The molecule has 1 aromatic heterocycles. The molecular formula is C34H48F3NO2Si. The van der Waals surface area contributed by atoms with Gasteiger partial charge in [-0.15, -0.1) is 0 Å². The molecule has 2 atom stereocenters. The lowest BCUT2D eigenvalue weighted by Gasteiger charge is -2.45. The predicted octanol–water partition coefficient (Wildman–Crippen LogP) is 10.3. The van der Waals surface area contributed by atoms with E-state index >= 15 is 0 Å². The summed E-state index contributed by atoms with van der Waals surface area (Å²) in [6, 6.07) is 4.93. The van der Waals surface area contributed by atoms with Crippen LogP contribution in [0.5, 0.6) is 0 Å². The number of allylic oxidation sites excluding steroid dienone is 2. The van der Waals surface area contributed by atoms with Gasteiger partial charge < -0.3 is 9.53 Å². The first-order valence-electron chi connectivity index (χ1n) is 15.1. The zero-order valence-corrected chi connectivity index (χ0v) is 27.3. The molecule has 0 saturated heterocycles. The van der Waals surface area contributed by atoms with Gasteiger partial charge in [0.25, 0.3) is 0 Å². The Bertz CT molecular complexity index is 1290. The molecule has 2 aliphatic rings. The second kappa shape index (κ2) is 11.3. The monoisotopic (exact) mass is 587 g/mol. The van der Waals surface area contributed by atoms with Crippen LogP contribution in [0.25, 0.3) is 5.57 Å². The standard InChI is InChI=1S/C34H48F3NO2Si/c1-21(2)30-29(31(39)23-15-17-24(18-16-23)34(35,36)37)27(22-13-11-10-12-14-22)28-25(38-30)19-33(6,7)20-26(28)40-41(8,9)32(3,4)5/h13,15-18,21,26,31,39H,10-12,14,19-20H2,1-9H3. The van der Waals surface area contributed by atoms with E-state index in [1.54, 1.807) is 0 Å². The van der Waals surface area contributed by atoms with Crippen LogP contribution in [0.15, 0.2) is 30.3 Å². The van der Waals surface area contributed by atoms with E-state index < -0.39 is 26.2 Å². The lowest BCUT2D eigenvalue weighted by Crippen LogP contribution is -2.44. The lowest BCUT2D eigenvalue weighted by molar-refractivity contribution is -0.137. The number of nitrogens with zero attached hydrogens (tertiary/aromatic N) is 1. The quantitative estimate of drug-likeness (QED) is 0.342. The third-order valence-corrected chi connectivity index (χ3v) is 13.8. The molecule has 1 aromatic carbocycles. The van der Waals surface area contributed by atoms with Crippen LogP contribution in [0.1, 0.15) is 138 Å². The minimum Gasteiger partial charge on any atom is -0.410 e. The van der Waals surface area contributed by atoms with Crippen molar-refractivity contribution in [1.29, 1.82) is 0 Å². The molecule has 41 heavy (non-hydrogen) atoms. The van der Waals surface area contributed by atoms with E-state index in [0.29, 0.717) is 5.56 Å². The van der Waals surface area contributed by atoms with E-state index in [0.717, 1.165) is 78.7 Å². The van der Waals surface area contributed by atoms with Gasteiger partial charge in [0, 0.05) is 22.5 Å². The first-order valence-corrected chi connectivity index (χ1v) is 18.0. The topological polar surface area (TPSA) is 42.4 Å². The smallest absolute Gasteiger partial charge is 0.410 e. The van der Waals surface area contributed by atoms with Gasteiger partial charge in [-0.05, 0) is 96.8 Å². The van der Waals surface area contributed by atoms with Crippen molar-refractivity contribution in [2.45, 2.75) is 129 Å². The fourth-order valence-electron chi connectivity index (χ4n) is 6.08. The molecule has 0 aliphatic heterocycles. The van der Waals surface area contributed by atoms with Crippen molar-refractivity contribution in [2.75, 3.05) is 0 Å². The minimum absolute atomic E-state index is 0.00689. The molecular weight excluding hydrogens is 539 g/mol. The third-order valence-electron chi connectivity index (χ3n) is 9.32. The molecule has 0 amide bonds. The van der Waals surface area contributed by atoms with Crippen molar-refractivity contribution in [3.05, 3.63) is 69.5 Å². The van der Waals surface area contributed by atoms with E-state index in [1.165, 1.54) is 17.7 Å². The van der Waals surface area contributed by atoms with E-state index in [1.807, 2.05) is 0 Å². The number of aromatic nitrogens is 1. The summed E-state index contributed by atoms with van der Waals surface area (Å²) < 4.78 is 47.2. The Morgan fingerprint density at radius 1 is 1.05 bits per heavy atom. The maximum Gasteiger partial charge on any atom is 0.416 e. The number of pyridine rings is 1. The zero-order valence-electron chi connectivity index (χ0n) is 26.3. The fourth-order valence-corrected chi connectivity index (χ4v) is 7.34. The minimum atomic E-state index is -4.43. The highest BCUT2D eigenvalue weighted by molar-refractivity contribution is 6.74. The average Bonchev–Trinajstić information content (AvgIpc) is 2.85. The average molecular weight is 588 g/mol. The Morgan fingerprint density at radius 2 is 1.68 bits per heavy atom. The third kappa shape index (κ3) is 6.67. The Balaban J connectivity index is 2.01. The van der Waals surface area contributed by atoms with Gasteiger partial charge in [0.15, 0.2) is 8.32 Å². The number of aliphatic hydroxyl groups excluding tert-OH is 1. The highest BCUT2D eigenvalue weighted by atomic mass is 28.4. The normalized spacial score (nSPS) is 20.5. The van der Waals surface area contributed by atoms with Crippen LogP contribution >= 0.6 is 0 Å². The maximum absolute atomic E-state index is 13.3. The molecule has 2 aliphatic carbocycles. The molecule has 1 heterocycles. The van der Waals surface area contributed by atoms with Crippen molar-refractivity contribution in [3.8, 4) is 0 Å². The van der Waals surface area contributed by atoms with Gasteiger partial charge >= 0.3 is 6.18 Å². The van der Waals surface area contributed by atoms with Crippen LogP contribution in [0, 0.1) is 5.41 Å². The summed E-state index contributed by atoms with van der Waals surface area (Å²) in [6.45, 7) is 20.0. The van der Waals surface area contributed by atoms with Crippen molar-refractivity contribution in [2.24, 2.45) is 5.41 Å². The summed E-state index contributed by atoms with van der Waals surface area (Å²) >= 11 is 0. The maximum atomic E-state index is 13.3. The molecule has 4 rings (SSSR count). The van der Waals surface area contributed by atoms with Crippen LogP contribution in [0.2, 0.25) is 18.1 Å². The molecule has 2 aromatic rings. The summed E-state index contributed by atoms with van der Waals surface area (Å²) in [6.07, 6.45) is 2.33. The Morgan fingerprint density at radius 3 is 2.20 bits per heavy atom. The van der Waals surface area contributed by atoms with Gasteiger partial charge in [0.05, 0.1) is 11.7 Å². The van der Waals surface area contributed by atoms with E-state index in [9.17, 15) is 18.3 Å². The number of rotatable bonds is 6. The highest BCUT2D eigenvalue weighted by Gasteiger charge is 2.45. The van der Waals surface area contributed by atoms with Crippen LogP contribution in [0.3, 0.4) is 0 Å². The van der Waals surface area contributed by atoms with Crippen molar-refractivity contribution < 1.29 is 22.7 Å². The van der Waals surface area contributed by atoms with Gasteiger partial charge in [-0.2, -0.15) is 13.2 Å². The fraction of sp³-hybridized carbons (Fsp3) is 0.618. The highest BCUT2D eigenvalue weighted by Crippen LogP contribution is 2.52. The van der Waals surface area contributed by atoms with Gasteiger partial charge in [-0.1, -0.05) is 66.7 Å². The molecule has 1 N–H and O–H groups in total. The first-order chi connectivity index (χ1) is 18.8. The lowest BCUT2D eigenvalue weighted by atomic mass is 9.70. The second-order valence-electron chi connectivity index (χ2n) is 14.7. The van der Waals surface area contributed by atoms with Crippen LogP contribution < -0.4 is 0 Å². The van der Waals surface area contributed by atoms with Gasteiger partial charge in [-0.3, -0.25) is 4.98 Å². The van der Waals surface area contributed by atoms with Crippen LogP contribution in [-0.4, -0.2) is 18.4 Å². The van der Waals surface area contributed by atoms with Crippen molar-refractivity contribution in [1.82, 2.24) is 4.98 Å². The number of benzene rings is 1.